The van der Waals surface area contributed by atoms with Crippen molar-refractivity contribution in [2.45, 2.75) is 6.92 Å². The highest BCUT2D eigenvalue weighted by Gasteiger charge is 2.00. The molecule has 0 fully saturated rings. The molecule has 0 aliphatic rings. The van der Waals surface area contributed by atoms with Gasteiger partial charge in [0.1, 0.15) is 5.01 Å². The molecule has 2 aromatic rings. The average molecular weight is 208 g/mol. The van der Waals surface area contributed by atoms with Crippen LogP contribution in [0.25, 0.3) is 5.69 Å². The van der Waals surface area contributed by atoms with Crippen molar-refractivity contribution in [1.29, 1.82) is 0 Å². The number of aryl methyl sites for hydroxylation is 1. The lowest BCUT2D eigenvalue weighted by Gasteiger charge is -1.97. The second-order valence-corrected chi connectivity index (χ2v) is 4.46. The zero-order chi connectivity index (χ0) is 9.26. The molecule has 0 saturated carbocycles. The molecule has 4 heteroatoms. The molecule has 0 unspecified atom stereocenters. The Kier molecular flexibility index (Phi) is 2.24. The molecular formula is C9H8N2S2. The van der Waals surface area contributed by atoms with E-state index in [-0.39, 0.29) is 0 Å². The second kappa shape index (κ2) is 3.40. The highest BCUT2D eigenvalue weighted by molar-refractivity contribution is 7.73. The molecule has 1 aromatic carbocycles. The SMILES string of the molecule is Cc1nn(-c2ccccc2)c(=S)s1. The van der Waals surface area contributed by atoms with Gasteiger partial charge in [0, 0.05) is 0 Å². The Bertz CT molecular complexity index is 456. The summed E-state index contributed by atoms with van der Waals surface area (Å²) in [7, 11) is 0. The molecule has 0 spiro atoms. The summed E-state index contributed by atoms with van der Waals surface area (Å²) in [6, 6.07) is 9.92. The molecule has 2 rings (SSSR count). The molecule has 1 aromatic heterocycles. The standard InChI is InChI=1S/C9H8N2S2/c1-7-10-11(9(12)13-7)8-5-3-2-4-6-8/h2-6H,1H3. The largest absolute Gasteiger partial charge is 0.212 e. The van der Waals surface area contributed by atoms with Crippen LogP contribution in [0, 0.1) is 10.9 Å². The van der Waals surface area contributed by atoms with Crippen LogP contribution in [-0.2, 0) is 0 Å². The molecule has 0 amide bonds. The van der Waals surface area contributed by atoms with Gasteiger partial charge in [0.05, 0.1) is 5.69 Å². The van der Waals surface area contributed by atoms with Crippen molar-refractivity contribution < 1.29 is 0 Å². The van der Waals surface area contributed by atoms with E-state index in [0.29, 0.717) is 0 Å². The Balaban J connectivity index is 2.59. The summed E-state index contributed by atoms with van der Waals surface area (Å²) in [5.74, 6) is 0. The average Bonchev–Trinajstić information content (AvgIpc) is 2.47. The number of aromatic nitrogens is 2. The first kappa shape index (κ1) is 8.59. The van der Waals surface area contributed by atoms with Gasteiger partial charge in [-0.2, -0.15) is 5.10 Å². The predicted octanol–water partition coefficient (Wildman–Crippen LogP) is 2.97. The monoisotopic (exact) mass is 208 g/mol. The van der Waals surface area contributed by atoms with Crippen molar-refractivity contribution in [3.8, 4) is 5.69 Å². The van der Waals surface area contributed by atoms with Gasteiger partial charge >= 0.3 is 0 Å². The van der Waals surface area contributed by atoms with Crippen molar-refractivity contribution in [1.82, 2.24) is 9.78 Å². The van der Waals surface area contributed by atoms with Crippen LogP contribution in [-0.4, -0.2) is 9.78 Å². The number of benzene rings is 1. The fourth-order valence-corrected chi connectivity index (χ4v) is 2.22. The summed E-state index contributed by atoms with van der Waals surface area (Å²) in [4.78, 5) is 0. The molecule has 2 nitrogen and oxygen atoms in total. The Morgan fingerprint density at radius 2 is 2.00 bits per heavy atom. The van der Waals surface area contributed by atoms with Gasteiger partial charge in [0.25, 0.3) is 0 Å². The summed E-state index contributed by atoms with van der Waals surface area (Å²) >= 11 is 6.70. The van der Waals surface area contributed by atoms with E-state index in [1.165, 1.54) is 11.3 Å². The van der Waals surface area contributed by atoms with E-state index >= 15 is 0 Å². The first-order chi connectivity index (χ1) is 6.27. The molecule has 0 aliphatic carbocycles. The van der Waals surface area contributed by atoms with Gasteiger partial charge in [-0.15, -0.1) is 0 Å². The van der Waals surface area contributed by atoms with Crippen LogP contribution in [0.2, 0.25) is 0 Å². The van der Waals surface area contributed by atoms with E-state index in [1.54, 1.807) is 4.68 Å². The molecule has 0 atom stereocenters. The van der Waals surface area contributed by atoms with E-state index in [2.05, 4.69) is 5.10 Å². The lowest BCUT2D eigenvalue weighted by atomic mass is 10.3. The van der Waals surface area contributed by atoms with E-state index in [1.807, 2.05) is 37.3 Å². The summed E-state index contributed by atoms with van der Waals surface area (Å²) in [5.41, 5.74) is 1.02. The van der Waals surface area contributed by atoms with Crippen LogP contribution >= 0.6 is 23.6 Å². The van der Waals surface area contributed by atoms with Crippen LogP contribution in [0.3, 0.4) is 0 Å². The number of hydrogen-bond acceptors (Lipinski definition) is 3. The molecule has 0 aliphatic heterocycles. The fourth-order valence-electron chi connectivity index (χ4n) is 1.10. The molecule has 13 heavy (non-hydrogen) atoms. The fraction of sp³-hybridized carbons (Fsp3) is 0.111. The molecule has 1 heterocycles. The van der Waals surface area contributed by atoms with Crippen LogP contribution < -0.4 is 0 Å². The van der Waals surface area contributed by atoms with E-state index < -0.39 is 0 Å². The van der Waals surface area contributed by atoms with Crippen molar-refractivity contribution in [3.05, 3.63) is 39.3 Å². The molecule has 0 saturated heterocycles. The zero-order valence-electron chi connectivity index (χ0n) is 7.10. The van der Waals surface area contributed by atoms with Gasteiger partial charge in [-0.3, -0.25) is 0 Å². The highest BCUT2D eigenvalue weighted by Crippen LogP contribution is 2.12. The zero-order valence-corrected chi connectivity index (χ0v) is 8.73. The Morgan fingerprint density at radius 3 is 2.54 bits per heavy atom. The third kappa shape index (κ3) is 1.68. The Labute approximate surface area is 85.5 Å². The third-order valence-electron chi connectivity index (χ3n) is 1.65. The maximum absolute atomic E-state index is 5.17. The van der Waals surface area contributed by atoms with E-state index in [4.69, 9.17) is 12.2 Å². The van der Waals surface area contributed by atoms with Crippen molar-refractivity contribution in [3.63, 3.8) is 0 Å². The van der Waals surface area contributed by atoms with Crippen molar-refractivity contribution >= 4 is 23.6 Å². The van der Waals surface area contributed by atoms with Gasteiger partial charge in [0.2, 0.25) is 0 Å². The Hall–Kier alpha value is -1.00. The quantitative estimate of drug-likeness (QED) is 0.670. The number of hydrogen-bond donors (Lipinski definition) is 0. The summed E-state index contributed by atoms with van der Waals surface area (Å²) in [6.07, 6.45) is 0. The normalized spacial score (nSPS) is 10.2. The highest BCUT2D eigenvalue weighted by atomic mass is 32.1. The van der Waals surface area contributed by atoms with Gasteiger partial charge in [0.15, 0.2) is 3.95 Å². The maximum Gasteiger partial charge on any atom is 0.184 e. The minimum atomic E-state index is 0.795. The van der Waals surface area contributed by atoms with E-state index in [0.717, 1.165) is 14.6 Å². The number of para-hydroxylation sites is 1. The summed E-state index contributed by atoms with van der Waals surface area (Å²) in [6.45, 7) is 1.96. The summed E-state index contributed by atoms with van der Waals surface area (Å²) < 4.78 is 2.58. The molecule has 0 bridgehead atoms. The minimum absolute atomic E-state index is 0.795. The van der Waals surface area contributed by atoms with Crippen LogP contribution in [0.4, 0.5) is 0 Å². The molecule has 0 N–H and O–H groups in total. The maximum atomic E-state index is 5.17. The van der Waals surface area contributed by atoms with Gasteiger partial charge in [-0.1, -0.05) is 29.5 Å². The number of nitrogens with zero attached hydrogens (tertiary/aromatic N) is 2. The molecule has 0 radical (unpaired) electrons. The van der Waals surface area contributed by atoms with Crippen molar-refractivity contribution in [2.24, 2.45) is 0 Å². The molecule has 66 valence electrons. The smallest absolute Gasteiger partial charge is 0.184 e. The number of rotatable bonds is 1. The first-order valence-electron chi connectivity index (χ1n) is 3.89. The molecular weight excluding hydrogens is 200 g/mol. The lowest BCUT2D eigenvalue weighted by molar-refractivity contribution is 0.853. The van der Waals surface area contributed by atoms with Crippen LogP contribution in [0.5, 0.6) is 0 Å². The predicted molar refractivity (Wildman–Crippen MR) is 57.0 cm³/mol. The topological polar surface area (TPSA) is 17.8 Å². The van der Waals surface area contributed by atoms with Crippen LogP contribution in [0.1, 0.15) is 5.01 Å². The lowest BCUT2D eigenvalue weighted by Crippen LogP contribution is -1.95. The van der Waals surface area contributed by atoms with Gasteiger partial charge in [-0.25, -0.2) is 4.68 Å². The summed E-state index contributed by atoms with van der Waals surface area (Å²) in [5, 5.41) is 5.31. The third-order valence-corrected chi connectivity index (χ3v) is 2.80. The van der Waals surface area contributed by atoms with Gasteiger partial charge < -0.3 is 0 Å². The minimum Gasteiger partial charge on any atom is -0.212 e. The first-order valence-corrected chi connectivity index (χ1v) is 5.12. The van der Waals surface area contributed by atoms with Gasteiger partial charge in [-0.05, 0) is 31.3 Å². The van der Waals surface area contributed by atoms with Crippen LogP contribution in [0.15, 0.2) is 30.3 Å². The van der Waals surface area contributed by atoms with Crippen molar-refractivity contribution in [2.75, 3.05) is 0 Å². The Morgan fingerprint density at radius 1 is 1.31 bits per heavy atom. The van der Waals surface area contributed by atoms with E-state index in [9.17, 15) is 0 Å². The second-order valence-electron chi connectivity index (χ2n) is 2.63.